The van der Waals surface area contributed by atoms with E-state index < -0.39 is 0 Å². The Hall–Kier alpha value is -1.17. The molecule has 66 valence electrons. The molecule has 0 atom stereocenters. The lowest BCUT2D eigenvalue weighted by Gasteiger charge is -2.24. The number of nitrogens with zero attached hydrogens (tertiary/aromatic N) is 5. The van der Waals surface area contributed by atoms with Gasteiger partial charge >= 0.3 is 0 Å². The number of hydrogen-bond acceptors (Lipinski definition) is 5. The van der Waals surface area contributed by atoms with Crippen molar-refractivity contribution in [1.29, 1.82) is 0 Å². The molecule has 1 fully saturated rings. The molecule has 0 bridgehead atoms. The molecule has 1 aliphatic rings. The van der Waals surface area contributed by atoms with Gasteiger partial charge in [0, 0.05) is 13.1 Å². The Balaban J connectivity index is 2.08. The lowest BCUT2D eigenvalue weighted by molar-refractivity contribution is 0.122. The van der Waals surface area contributed by atoms with Crippen LogP contribution in [0.5, 0.6) is 0 Å². The average molecular weight is 169 g/mol. The van der Waals surface area contributed by atoms with E-state index in [-0.39, 0.29) is 0 Å². The predicted molar refractivity (Wildman–Crippen MR) is 41.8 cm³/mol. The number of ether oxygens (including phenoxy) is 1. The highest BCUT2D eigenvalue weighted by Crippen LogP contribution is 2.05. The number of aromatic nitrogens is 4. The highest BCUT2D eigenvalue weighted by Gasteiger charge is 2.14. The fourth-order valence-corrected chi connectivity index (χ4v) is 1.16. The van der Waals surface area contributed by atoms with Gasteiger partial charge in [-0.2, -0.15) is 4.80 Å². The lowest BCUT2D eigenvalue weighted by atomic mass is 10.4. The van der Waals surface area contributed by atoms with Gasteiger partial charge in [-0.05, 0) is 5.21 Å². The van der Waals surface area contributed by atoms with Crippen molar-refractivity contribution in [1.82, 2.24) is 20.2 Å². The zero-order valence-corrected chi connectivity index (χ0v) is 6.97. The number of aryl methyl sites for hydroxylation is 1. The smallest absolute Gasteiger partial charge is 0.266 e. The van der Waals surface area contributed by atoms with Gasteiger partial charge in [0.1, 0.15) is 0 Å². The summed E-state index contributed by atoms with van der Waals surface area (Å²) in [4.78, 5) is 3.53. The van der Waals surface area contributed by atoms with Crippen LogP contribution in [0.3, 0.4) is 0 Å². The van der Waals surface area contributed by atoms with E-state index in [1.165, 1.54) is 4.80 Å². The molecular weight excluding hydrogens is 158 g/mol. The van der Waals surface area contributed by atoms with E-state index in [1.54, 1.807) is 7.05 Å². The summed E-state index contributed by atoms with van der Waals surface area (Å²) in [6.07, 6.45) is 0. The van der Waals surface area contributed by atoms with Crippen molar-refractivity contribution in [2.24, 2.45) is 7.05 Å². The van der Waals surface area contributed by atoms with E-state index in [4.69, 9.17) is 4.74 Å². The molecule has 0 amide bonds. The molecule has 2 heterocycles. The summed E-state index contributed by atoms with van der Waals surface area (Å²) < 4.78 is 5.20. The van der Waals surface area contributed by atoms with Crippen LogP contribution in [0.2, 0.25) is 0 Å². The minimum Gasteiger partial charge on any atom is -0.378 e. The Bertz CT molecular complexity index is 254. The second-order valence-corrected chi connectivity index (χ2v) is 2.68. The Morgan fingerprint density at radius 2 is 2.08 bits per heavy atom. The van der Waals surface area contributed by atoms with Gasteiger partial charge < -0.3 is 9.64 Å². The number of hydrogen-bond donors (Lipinski definition) is 0. The summed E-state index contributed by atoms with van der Waals surface area (Å²) in [7, 11) is 1.76. The van der Waals surface area contributed by atoms with Gasteiger partial charge in [0.05, 0.1) is 20.3 Å². The van der Waals surface area contributed by atoms with Gasteiger partial charge in [-0.1, -0.05) is 5.10 Å². The van der Waals surface area contributed by atoms with Gasteiger partial charge in [-0.25, -0.2) is 0 Å². The third-order valence-corrected chi connectivity index (χ3v) is 1.79. The summed E-state index contributed by atoms with van der Waals surface area (Å²) in [5.74, 6) is 0.695. The first-order valence-electron chi connectivity index (χ1n) is 3.93. The van der Waals surface area contributed by atoms with Crippen LogP contribution in [-0.4, -0.2) is 46.5 Å². The van der Waals surface area contributed by atoms with Gasteiger partial charge in [0.2, 0.25) is 0 Å². The highest BCUT2D eigenvalue weighted by molar-refractivity contribution is 5.26. The Kier molecular flexibility index (Phi) is 1.91. The summed E-state index contributed by atoms with van der Waals surface area (Å²) in [5, 5.41) is 11.8. The van der Waals surface area contributed by atoms with Crippen molar-refractivity contribution in [2.45, 2.75) is 0 Å². The van der Waals surface area contributed by atoms with Crippen LogP contribution in [-0.2, 0) is 11.8 Å². The van der Waals surface area contributed by atoms with E-state index >= 15 is 0 Å². The highest BCUT2D eigenvalue weighted by atomic mass is 16.5. The van der Waals surface area contributed by atoms with Crippen LogP contribution in [0.4, 0.5) is 5.95 Å². The topological polar surface area (TPSA) is 56.1 Å². The predicted octanol–water partition coefficient (Wildman–Crippen LogP) is -0.953. The maximum atomic E-state index is 5.20. The molecule has 1 aliphatic heterocycles. The number of anilines is 1. The fraction of sp³-hybridized carbons (Fsp3) is 0.833. The molecule has 6 nitrogen and oxygen atoms in total. The van der Waals surface area contributed by atoms with Crippen LogP contribution < -0.4 is 4.90 Å². The summed E-state index contributed by atoms with van der Waals surface area (Å²) in [6, 6.07) is 0. The summed E-state index contributed by atoms with van der Waals surface area (Å²) in [6.45, 7) is 3.20. The Morgan fingerprint density at radius 1 is 1.33 bits per heavy atom. The van der Waals surface area contributed by atoms with Gasteiger partial charge in [0.25, 0.3) is 5.95 Å². The SMILES string of the molecule is Cn1nnc(N2CCOCC2)n1. The molecule has 6 heteroatoms. The average Bonchev–Trinajstić information content (AvgIpc) is 2.54. The quantitative estimate of drug-likeness (QED) is 0.542. The zero-order valence-electron chi connectivity index (χ0n) is 6.97. The number of tetrazole rings is 1. The van der Waals surface area contributed by atoms with E-state index in [0.717, 1.165) is 26.3 Å². The molecule has 0 saturated carbocycles. The van der Waals surface area contributed by atoms with Crippen molar-refractivity contribution in [2.75, 3.05) is 31.2 Å². The van der Waals surface area contributed by atoms with E-state index in [1.807, 2.05) is 0 Å². The molecule has 12 heavy (non-hydrogen) atoms. The molecule has 0 aliphatic carbocycles. The van der Waals surface area contributed by atoms with Crippen molar-refractivity contribution >= 4 is 5.95 Å². The van der Waals surface area contributed by atoms with Crippen LogP contribution in [0, 0.1) is 0 Å². The molecule has 0 radical (unpaired) electrons. The number of rotatable bonds is 1. The Morgan fingerprint density at radius 3 is 2.67 bits per heavy atom. The zero-order chi connectivity index (χ0) is 8.39. The molecule has 0 aromatic carbocycles. The van der Waals surface area contributed by atoms with Crippen LogP contribution >= 0.6 is 0 Å². The largest absolute Gasteiger partial charge is 0.378 e. The van der Waals surface area contributed by atoms with Gasteiger partial charge in [-0.15, -0.1) is 5.10 Å². The standard InChI is InChI=1S/C6H11N5O/c1-10-8-6(7-9-10)11-2-4-12-5-3-11/h2-5H2,1H3. The van der Waals surface area contributed by atoms with E-state index in [2.05, 4.69) is 20.3 Å². The monoisotopic (exact) mass is 169 g/mol. The molecular formula is C6H11N5O. The minimum atomic E-state index is 0.695. The Labute approximate surface area is 70.1 Å². The van der Waals surface area contributed by atoms with Crippen LogP contribution in [0.15, 0.2) is 0 Å². The van der Waals surface area contributed by atoms with Gasteiger partial charge in [0.15, 0.2) is 0 Å². The third-order valence-electron chi connectivity index (χ3n) is 1.79. The van der Waals surface area contributed by atoms with Crippen LogP contribution in [0.1, 0.15) is 0 Å². The molecule has 1 aromatic heterocycles. The molecule has 0 unspecified atom stereocenters. The summed E-state index contributed by atoms with van der Waals surface area (Å²) >= 11 is 0. The molecule has 0 spiro atoms. The second kappa shape index (κ2) is 3.06. The molecule has 0 N–H and O–H groups in total. The molecule has 1 saturated heterocycles. The normalized spacial score (nSPS) is 18.2. The maximum Gasteiger partial charge on any atom is 0.266 e. The number of morpholine rings is 1. The molecule has 2 rings (SSSR count). The molecule has 1 aromatic rings. The fourth-order valence-electron chi connectivity index (χ4n) is 1.16. The second-order valence-electron chi connectivity index (χ2n) is 2.68. The first kappa shape index (κ1) is 7.48. The third kappa shape index (κ3) is 1.38. The van der Waals surface area contributed by atoms with Crippen molar-refractivity contribution in [3.8, 4) is 0 Å². The maximum absolute atomic E-state index is 5.20. The van der Waals surface area contributed by atoms with E-state index in [9.17, 15) is 0 Å². The lowest BCUT2D eigenvalue weighted by Crippen LogP contribution is -2.37. The van der Waals surface area contributed by atoms with Crippen molar-refractivity contribution < 1.29 is 4.74 Å². The first-order valence-corrected chi connectivity index (χ1v) is 3.93. The van der Waals surface area contributed by atoms with Crippen molar-refractivity contribution in [3.05, 3.63) is 0 Å². The summed E-state index contributed by atoms with van der Waals surface area (Å²) in [5.41, 5.74) is 0. The van der Waals surface area contributed by atoms with Crippen LogP contribution in [0.25, 0.3) is 0 Å². The van der Waals surface area contributed by atoms with E-state index in [0.29, 0.717) is 5.95 Å². The van der Waals surface area contributed by atoms with Gasteiger partial charge in [-0.3, -0.25) is 0 Å². The first-order chi connectivity index (χ1) is 5.86. The minimum absolute atomic E-state index is 0.695. The van der Waals surface area contributed by atoms with Crippen molar-refractivity contribution in [3.63, 3.8) is 0 Å².